The Morgan fingerprint density at radius 2 is 1.24 bits per heavy atom. The van der Waals surface area contributed by atoms with E-state index in [1.54, 1.807) is 4.90 Å². The van der Waals surface area contributed by atoms with Crippen molar-refractivity contribution in [3.05, 3.63) is 0 Å². The maximum Gasteiger partial charge on any atom is 0.317 e. The van der Waals surface area contributed by atoms with Crippen molar-refractivity contribution in [2.45, 2.75) is 32.9 Å². The number of carbonyl (C=O) groups is 3. The Hall–Kier alpha value is -1.67. The molecule has 29 heavy (non-hydrogen) atoms. The number of carboxylic acids is 2. The van der Waals surface area contributed by atoms with Crippen LogP contribution in [0.25, 0.3) is 0 Å². The van der Waals surface area contributed by atoms with Crippen LogP contribution in [0, 0.1) is 0 Å². The molecule has 2 unspecified atom stereocenters. The summed E-state index contributed by atoms with van der Waals surface area (Å²) in [5.41, 5.74) is 0. The minimum absolute atomic E-state index is 0.0203. The molecule has 0 amide bonds. The number of Topliss-reactive ketones (excluding diaryl/α,β-unsaturated/α-hetero) is 1. The van der Waals surface area contributed by atoms with Gasteiger partial charge in [-0.2, -0.15) is 0 Å². The second-order valence-electron chi connectivity index (χ2n) is 6.85. The van der Waals surface area contributed by atoms with E-state index in [4.69, 9.17) is 15.6 Å². The molecule has 4 N–H and O–H groups in total. The summed E-state index contributed by atoms with van der Waals surface area (Å²) in [5.74, 6) is -2.29. The lowest BCUT2D eigenvalue weighted by molar-refractivity contribution is -0.253. The maximum absolute atomic E-state index is 11.4. The number of hydrogen-bond acceptors (Lipinski definition) is 10. The second kappa shape index (κ2) is 15.2. The third kappa shape index (κ3) is 12.5. The number of carbonyl (C=O) groups excluding carboxylic acids is 1. The fourth-order valence-corrected chi connectivity index (χ4v) is 3.04. The molecule has 0 aliphatic heterocycles. The minimum Gasteiger partial charge on any atom is -0.480 e. The first-order valence-electron chi connectivity index (χ1n) is 9.28. The third-order valence-corrected chi connectivity index (χ3v) is 4.64. The Balaban J connectivity index is 5.19. The highest BCUT2D eigenvalue weighted by molar-refractivity contribution is 5.78. The van der Waals surface area contributed by atoms with Crippen LogP contribution in [0.2, 0.25) is 0 Å². The highest BCUT2D eigenvalue weighted by Gasteiger charge is 2.27. The first-order valence-corrected chi connectivity index (χ1v) is 9.28. The van der Waals surface area contributed by atoms with Gasteiger partial charge in [-0.1, -0.05) is 0 Å². The van der Waals surface area contributed by atoms with E-state index in [0.717, 1.165) is 0 Å². The summed E-state index contributed by atoms with van der Waals surface area (Å²) < 4.78 is 0. The largest absolute Gasteiger partial charge is 0.480 e. The molecule has 0 radical (unpaired) electrons. The third-order valence-electron chi connectivity index (χ3n) is 4.64. The highest BCUT2D eigenvalue weighted by atomic mass is 17.1. The van der Waals surface area contributed by atoms with Crippen LogP contribution >= 0.6 is 0 Å². The van der Waals surface area contributed by atoms with Crippen LogP contribution in [0.5, 0.6) is 0 Å². The first kappa shape index (κ1) is 27.3. The van der Waals surface area contributed by atoms with Gasteiger partial charge in [0.1, 0.15) is 5.78 Å². The van der Waals surface area contributed by atoms with Gasteiger partial charge in [-0.05, 0) is 20.8 Å². The first-order chi connectivity index (χ1) is 13.6. The van der Waals surface area contributed by atoms with Gasteiger partial charge in [0, 0.05) is 38.3 Å². The van der Waals surface area contributed by atoms with E-state index in [1.807, 2.05) is 18.7 Å². The number of aliphatic carboxylic acids is 2. The van der Waals surface area contributed by atoms with Crippen LogP contribution in [0.1, 0.15) is 20.8 Å². The van der Waals surface area contributed by atoms with Gasteiger partial charge in [0.05, 0.1) is 32.8 Å². The lowest BCUT2D eigenvalue weighted by atomic mass is 10.1. The molecule has 2 atom stereocenters. The molecule has 0 aliphatic carbocycles. The van der Waals surface area contributed by atoms with E-state index in [1.165, 1.54) is 11.8 Å². The van der Waals surface area contributed by atoms with E-state index < -0.39 is 11.9 Å². The zero-order valence-corrected chi connectivity index (χ0v) is 17.2. The summed E-state index contributed by atoms with van der Waals surface area (Å²) in [4.78, 5) is 46.9. The van der Waals surface area contributed by atoms with Gasteiger partial charge in [0.2, 0.25) is 0 Å². The number of nitrogens with zero attached hydrogens (tertiary/aromatic N) is 3. The molecular formula is C17H33N3O9. The number of hydrogen-bond donors (Lipinski definition) is 4. The summed E-state index contributed by atoms with van der Waals surface area (Å²) >= 11 is 0. The Bertz CT molecular complexity index is 483. The Kier molecular flexibility index (Phi) is 14.3. The van der Waals surface area contributed by atoms with E-state index in [9.17, 15) is 19.5 Å². The van der Waals surface area contributed by atoms with Crippen LogP contribution in [-0.4, -0.2) is 124 Å². The molecule has 0 saturated heterocycles. The van der Waals surface area contributed by atoms with Crippen molar-refractivity contribution in [2.24, 2.45) is 0 Å². The van der Waals surface area contributed by atoms with Gasteiger partial charge >= 0.3 is 11.9 Å². The van der Waals surface area contributed by atoms with Crippen molar-refractivity contribution in [3.63, 3.8) is 0 Å². The molecule has 12 nitrogen and oxygen atoms in total. The summed E-state index contributed by atoms with van der Waals surface area (Å²) in [6, 6.07) is -0.493. The van der Waals surface area contributed by atoms with Crippen LogP contribution in [0.4, 0.5) is 0 Å². The fraction of sp³-hybridized carbons (Fsp3) is 0.824. The SMILES string of the molecule is CC(=O)CN(CCN(CC(=O)O)C(C)C(C)N(CCOO)CCOO)CC(=O)O. The molecule has 0 rings (SSSR count). The van der Waals surface area contributed by atoms with Crippen LogP contribution in [0.15, 0.2) is 0 Å². The fourth-order valence-electron chi connectivity index (χ4n) is 3.04. The van der Waals surface area contributed by atoms with Crippen LogP contribution in [0.3, 0.4) is 0 Å². The highest BCUT2D eigenvalue weighted by Crippen LogP contribution is 2.12. The van der Waals surface area contributed by atoms with Crippen molar-refractivity contribution in [3.8, 4) is 0 Å². The van der Waals surface area contributed by atoms with Crippen molar-refractivity contribution in [1.29, 1.82) is 0 Å². The normalized spacial score (nSPS) is 13.8. The molecule has 0 spiro atoms. The number of carboxylic acid groups (broad SMARTS) is 2. The number of rotatable bonds is 18. The smallest absolute Gasteiger partial charge is 0.317 e. The summed E-state index contributed by atoms with van der Waals surface area (Å²) in [7, 11) is 0. The van der Waals surface area contributed by atoms with Gasteiger partial charge < -0.3 is 10.2 Å². The lowest BCUT2D eigenvalue weighted by Crippen LogP contribution is -2.53. The average molecular weight is 423 g/mol. The second-order valence-corrected chi connectivity index (χ2v) is 6.85. The van der Waals surface area contributed by atoms with Crippen LogP contribution in [-0.2, 0) is 24.2 Å². The summed E-state index contributed by atoms with van der Waals surface area (Å²) in [5, 5.41) is 35.5. The topological polar surface area (TPSA) is 160 Å². The average Bonchev–Trinajstić information content (AvgIpc) is 2.62. The van der Waals surface area contributed by atoms with E-state index in [-0.39, 0.29) is 63.8 Å². The molecular weight excluding hydrogens is 390 g/mol. The zero-order chi connectivity index (χ0) is 22.4. The van der Waals surface area contributed by atoms with Crippen molar-refractivity contribution >= 4 is 17.7 Å². The van der Waals surface area contributed by atoms with Crippen molar-refractivity contribution in [1.82, 2.24) is 14.7 Å². The van der Waals surface area contributed by atoms with E-state index in [2.05, 4.69) is 9.78 Å². The van der Waals surface area contributed by atoms with E-state index >= 15 is 0 Å². The zero-order valence-electron chi connectivity index (χ0n) is 17.2. The molecule has 0 bridgehead atoms. The molecule has 0 aliphatic rings. The van der Waals surface area contributed by atoms with Crippen LogP contribution < -0.4 is 0 Å². The quantitative estimate of drug-likeness (QED) is 0.164. The Labute approximate surface area is 170 Å². The molecule has 0 aromatic heterocycles. The lowest BCUT2D eigenvalue weighted by Gasteiger charge is -2.39. The van der Waals surface area contributed by atoms with E-state index in [0.29, 0.717) is 13.1 Å². The van der Waals surface area contributed by atoms with Gasteiger partial charge in [-0.25, -0.2) is 9.78 Å². The van der Waals surface area contributed by atoms with Gasteiger partial charge in [-0.3, -0.25) is 39.6 Å². The predicted molar refractivity (Wildman–Crippen MR) is 102 cm³/mol. The summed E-state index contributed by atoms with van der Waals surface area (Å²) in [6.45, 7) is 5.54. The Morgan fingerprint density at radius 3 is 1.66 bits per heavy atom. The molecule has 0 saturated carbocycles. The molecule has 170 valence electrons. The van der Waals surface area contributed by atoms with Gasteiger partial charge in [0.15, 0.2) is 0 Å². The van der Waals surface area contributed by atoms with Gasteiger partial charge in [0.25, 0.3) is 0 Å². The maximum atomic E-state index is 11.4. The standard InChI is InChI=1S/C17H33N3O9/c1-13(21)10-18(11-16(22)23)4-5-20(12-17(24)25)15(3)14(2)19(6-8-28-26)7-9-29-27/h14-15,26-27H,4-12H2,1-3H3,(H,22,23)(H,24,25). The molecule has 0 fully saturated rings. The molecule has 0 aromatic carbocycles. The van der Waals surface area contributed by atoms with Gasteiger partial charge in [-0.15, -0.1) is 0 Å². The Morgan fingerprint density at radius 1 is 0.759 bits per heavy atom. The molecule has 0 aromatic rings. The molecule has 0 heterocycles. The monoisotopic (exact) mass is 423 g/mol. The number of ketones is 1. The summed E-state index contributed by atoms with van der Waals surface area (Å²) in [6.07, 6.45) is 0. The molecule has 12 heteroatoms. The van der Waals surface area contributed by atoms with Crippen molar-refractivity contribution in [2.75, 3.05) is 59.0 Å². The predicted octanol–water partition coefficient (Wildman–Crippen LogP) is -0.593. The minimum atomic E-state index is -1.07. The van der Waals surface area contributed by atoms with Crippen molar-refractivity contribution < 1.29 is 44.9 Å².